The van der Waals surface area contributed by atoms with Gasteiger partial charge in [0.25, 0.3) is 0 Å². The van der Waals surface area contributed by atoms with Crippen molar-refractivity contribution in [2.24, 2.45) is 5.92 Å². The summed E-state index contributed by atoms with van der Waals surface area (Å²) in [4.78, 5) is 6.83. The van der Waals surface area contributed by atoms with E-state index in [1.807, 2.05) is 30.5 Å². The Hall–Kier alpha value is -1.61. The highest BCUT2D eigenvalue weighted by Gasteiger charge is 2.19. The molecule has 19 heavy (non-hydrogen) atoms. The number of aromatic nitrogens is 1. The summed E-state index contributed by atoms with van der Waals surface area (Å²) >= 11 is 0. The first-order valence-electron chi connectivity index (χ1n) is 6.83. The van der Waals surface area contributed by atoms with E-state index in [0.717, 1.165) is 24.5 Å². The standard InChI is InChI=1S/C16H22N2O/c1-13(2)14(3)18(12-16-8-6-10-19-16)11-15-7-4-5-9-17-15/h4-10,13-14H,11-12H2,1-3H3. The molecule has 0 saturated heterocycles. The molecule has 0 N–H and O–H groups in total. The van der Waals surface area contributed by atoms with Gasteiger partial charge in [-0.15, -0.1) is 0 Å². The second kappa shape index (κ2) is 6.53. The molecular formula is C16H22N2O. The van der Waals surface area contributed by atoms with E-state index in [9.17, 15) is 0 Å². The molecule has 0 aliphatic heterocycles. The average molecular weight is 258 g/mol. The molecule has 0 aliphatic carbocycles. The van der Waals surface area contributed by atoms with Crippen LogP contribution in [0.4, 0.5) is 0 Å². The van der Waals surface area contributed by atoms with Crippen LogP contribution >= 0.6 is 0 Å². The number of furan rings is 1. The lowest BCUT2D eigenvalue weighted by Crippen LogP contribution is -2.35. The molecular weight excluding hydrogens is 236 g/mol. The molecule has 0 aromatic carbocycles. The fourth-order valence-electron chi connectivity index (χ4n) is 2.07. The van der Waals surface area contributed by atoms with Gasteiger partial charge in [-0.1, -0.05) is 19.9 Å². The highest BCUT2D eigenvalue weighted by atomic mass is 16.3. The molecule has 1 unspecified atom stereocenters. The monoisotopic (exact) mass is 258 g/mol. The molecule has 0 radical (unpaired) electrons. The van der Waals surface area contributed by atoms with Gasteiger partial charge >= 0.3 is 0 Å². The summed E-state index contributed by atoms with van der Waals surface area (Å²) in [5, 5.41) is 0. The lowest BCUT2D eigenvalue weighted by molar-refractivity contribution is 0.139. The molecule has 0 fully saturated rings. The number of rotatable bonds is 6. The minimum Gasteiger partial charge on any atom is -0.468 e. The van der Waals surface area contributed by atoms with E-state index < -0.39 is 0 Å². The summed E-state index contributed by atoms with van der Waals surface area (Å²) < 4.78 is 5.47. The third kappa shape index (κ3) is 3.93. The van der Waals surface area contributed by atoms with Crippen molar-refractivity contribution < 1.29 is 4.42 Å². The zero-order chi connectivity index (χ0) is 13.7. The Labute approximate surface area is 115 Å². The second-order valence-corrected chi connectivity index (χ2v) is 5.29. The summed E-state index contributed by atoms with van der Waals surface area (Å²) in [7, 11) is 0. The van der Waals surface area contributed by atoms with Gasteiger partial charge in [-0.25, -0.2) is 0 Å². The number of hydrogen-bond acceptors (Lipinski definition) is 3. The summed E-state index contributed by atoms with van der Waals surface area (Å²) in [6, 6.07) is 10.5. The van der Waals surface area contributed by atoms with E-state index >= 15 is 0 Å². The Bertz CT molecular complexity index is 465. The summed E-state index contributed by atoms with van der Waals surface area (Å²) in [5.74, 6) is 1.60. The van der Waals surface area contributed by atoms with Gasteiger partial charge in [0.1, 0.15) is 5.76 Å². The van der Waals surface area contributed by atoms with E-state index in [1.165, 1.54) is 0 Å². The molecule has 0 saturated carbocycles. The normalized spacial score (nSPS) is 13.1. The van der Waals surface area contributed by atoms with E-state index in [-0.39, 0.29) is 0 Å². The van der Waals surface area contributed by atoms with Gasteiger partial charge in [0, 0.05) is 18.8 Å². The van der Waals surface area contributed by atoms with Crippen LogP contribution in [0.5, 0.6) is 0 Å². The summed E-state index contributed by atoms with van der Waals surface area (Å²) in [6.07, 6.45) is 3.58. The quantitative estimate of drug-likeness (QED) is 0.790. The second-order valence-electron chi connectivity index (χ2n) is 5.29. The number of pyridine rings is 1. The number of hydrogen-bond donors (Lipinski definition) is 0. The van der Waals surface area contributed by atoms with E-state index in [4.69, 9.17) is 4.42 Å². The molecule has 102 valence electrons. The van der Waals surface area contributed by atoms with Gasteiger partial charge in [-0.05, 0) is 37.1 Å². The van der Waals surface area contributed by atoms with Crippen LogP contribution in [0.2, 0.25) is 0 Å². The molecule has 2 heterocycles. The van der Waals surface area contributed by atoms with Crippen LogP contribution in [0.25, 0.3) is 0 Å². The molecule has 0 amide bonds. The van der Waals surface area contributed by atoms with E-state index in [1.54, 1.807) is 6.26 Å². The summed E-state index contributed by atoms with van der Waals surface area (Å²) in [5.41, 5.74) is 1.10. The molecule has 2 rings (SSSR count). The average Bonchev–Trinajstić information content (AvgIpc) is 2.91. The Kier molecular flexibility index (Phi) is 4.74. The Balaban J connectivity index is 2.10. The van der Waals surface area contributed by atoms with Crippen LogP contribution in [-0.4, -0.2) is 15.9 Å². The Morgan fingerprint density at radius 3 is 2.53 bits per heavy atom. The van der Waals surface area contributed by atoms with Crippen molar-refractivity contribution >= 4 is 0 Å². The molecule has 3 nitrogen and oxygen atoms in total. The topological polar surface area (TPSA) is 29.3 Å². The van der Waals surface area contributed by atoms with Crippen molar-refractivity contribution in [3.8, 4) is 0 Å². The van der Waals surface area contributed by atoms with Crippen LogP contribution < -0.4 is 0 Å². The van der Waals surface area contributed by atoms with E-state index in [2.05, 4.69) is 36.7 Å². The van der Waals surface area contributed by atoms with Crippen molar-refractivity contribution in [1.29, 1.82) is 0 Å². The van der Waals surface area contributed by atoms with Gasteiger partial charge in [0.2, 0.25) is 0 Å². The lowest BCUT2D eigenvalue weighted by Gasteiger charge is -2.30. The Morgan fingerprint density at radius 2 is 1.95 bits per heavy atom. The Morgan fingerprint density at radius 1 is 1.11 bits per heavy atom. The SMILES string of the molecule is CC(C)C(C)N(Cc1ccccn1)Cc1ccco1. The van der Waals surface area contributed by atoms with Crippen LogP contribution in [0.1, 0.15) is 32.2 Å². The first-order chi connectivity index (χ1) is 9.16. The van der Waals surface area contributed by atoms with Crippen molar-refractivity contribution in [3.05, 3.63) is 54.2 Å². The van der Waals surface area contributed by atoms with E-state index in [0.29, 0.717) is 12.0 Å². The maximum absolute atomic E-state index is 5.47. The fourth-order valence-corrected chi connectivity index (χ4v) is 2.07. The largest absolute Gasteiger partial charge is 0.468 e. The first-order valence-corrected chi connectivity index (χ1v) is 6.83. The zero-order valence-electron chi connectivity index (χ0n) is 11.9. The molecule has 2 aromatic heterocycles. The van der Waals surface area contributed by atoms with Gasteiger partial charge in [0.15, 0.2) is 0 Å². The molecule has 1 atom stereocenters. The van der Waals surface area contributed by atoms with Crippen molar-refractivity contribution in [2.75, 3.05) is 0 Å². The van der Waals surface area contributed by atoms with Crippen LogP contribution in [-0.2, 0) is 13.1 Å². The van der Waals surface area contributed by atoms with Crippen LogP contribution in [0.15, 0.2) is 47.2 Å². The van der Waals surface area contributed by atoms with Gasteiger partial charge < -0.3 is 4.42 Å². The highest BCUT2D eigenvalue weighted by Crippen LogP contribution is 2.17. The van der Waals surface area contributed by atoms with Gasteiger partial charge in [-0.3, -0.25) is 9.88 Å². The highest BCUT2D eigenvalue weighted by molar-refractivity contribution is 5.05. The van der Waals surface area contributed by atoms with Crippen LogP contribution in [0.3, 0.4) is 0 Å². The first kappa shape index (κ1) is 13.8. The predicted molar refractivity (Wildman–Crippen MR) is 76.5 cm³/mol. The smallest absolute Gasteiger partial charge is 0.117 e. The van der Waals surface area contributed by atoms with Gasteiger partial charge in [0.05, 0.1) is 18.5 Å². The third-order valence-corrected chi connectivity index (χ3v) is 3.57. The third-order valence-electron chi connectivity index (χ3n) is 3.57. The zero-order valence-corrected chi connectivity index (χ0v) is 11.9. The molecule has 0 aliphatic rings. The molecule has 0 spiro atoms. The van der Waals surface area contributed by atoms with Crippen molar-refractivity contribution in [3.63, 3.8) is 0 Å². The predicted octanol–water partition coefficient (Wildman–Crippen LogP) is 3.72. The molecule has 2 aromatic rings. The van der Waals surface area contributed by atoms with Crippen molar-refractivity contribution in [2.45, 2.75) is 39.9 Å². The fraction of sp³-hybridized carbons (Fsp3) is 0.438. The molecule has 3 heteroatoms. The lowest BCUT2D eigenvalue weighted by atomic mass is 10.0. The maximum atomic E-state index is 5.47. The summed E-state index contributed by atoms with van der Waals surface area (Å²) in [6.45, 7) is 8.43. The van der Waals surface area contributed by atoms with Gasteiger partial charge in [-0.2, -0.15) is 0 Å². The minimum atomic E-state index is 0.479. The van der Waals surface area contributed by atoms with Crippen molar-refractivity contribution in [1.82, 2.24) is 9.88 Å². The van der Waals surface area contributed by atoms with Crippen LogP contribution in [0, 0.1) is 5.92 Å². The molecule has 0 bridgehead atoms. The maximum Gasteiger partial charge on any atom is 0.117 e. The minimum absolute atomic E-state index is 0.479. The number of nitrogens with zero attached hydrogens (tertiary/aromatic N) is 2.